The number of hydrogen-bond acceptors (Lipinski definition) is 4. The third-order valence-corrected chi connectivity index (χ3v) is 3.26. The third-order valence-electron chi connectivity index (χ3n) is 3.26. The van der Waals surface area contributed by atoms with E-state index in [9.17, 15) is 4.79 Å². The largest absolute Gasteiger partial charge is 0.382 e. The van der Waals surface area contributed by atoms with Crippen LogP contribution in [0, 0.1) is 12.8 Å². The van der Waals surface area contributed by atoms with E-state index in [1.165, 1.54) is 0 Å². The first-order valence-corrected chi connectivity index (χ1v) is 5.80. The molecule has 1 saturated heterocycles. The van der Waals surface area contributed by atoms with Crippen molar-refractivity contribution < 1.29 is 9.53 Å². The van der Waals surface area contributed by atoms with Crippen LogP contribution in [0.25, 0.3) is 0 Å². The predicted octanol–water partition coefficient (Wildman–Crippen LogP) is 0.455. The molecule has 0 aliphatic carbocycles. The molecule has 6 nitrogen and oxygen atoms in total. The van der Waals surface area contributed by atoms with E-state index in [1.54, 1.807) is 6.92 Å². The highest BCUT2D eigenvalue weighted by atomic mass is 16.5. The molecule has 1 aliphatic rings. The van der Waals surface area contributed by atoms with Crippen LogP contribution in [0.2, 0.25) is 0 Å². The number of rotatable bonds is 3. The normalized spacial score (nSPS) is 23.9. The zero-order chi connectivity index (χ0) is 12.4. The first-order chi connectivity index (χ1) is 8.09. The topological polar surface area (TPSA) is 93.0 Å². The summed E-state index contributed by atoms with van der Waals surface area (Å²) in [5.41, 5.74) is 6.76. The van der Waals surface area contributed by atoms with Crippen molar-refractivity contribution in [2.24, 2.45) is 5.92 Å². The maximum Gasteiger partial charge on any atom is 0.256 e. The van der Waals surface area contributed by atoms with Crippen molar-refractivity contribution in [1.82, 2.24) is 15.5 Å². The Hall–Kier alpha value is -1.56. The fraction of sp³-hybridized carbons (Fsp3) is 0.636. The number of carbonyl (C=O) groups excluding carboxylic acids is 1. The summed E-state index contributed by atoms with van der Waals surface area (Å²) in [6, 6.07) is 0. The molecule has 2 rings (SSSR count). The SMILES string of the molecule is Cc1[nH]nc(N)c1C(=O)NCC1CCOC1C. The minimum absolute atomic E-state index is 0.173. The maximum absolute atomic E-state index is 11.9. The number of anilines is 1. The molecule has 2 atom stereocenters. The highest BCUT2D eigenvalue weighted by Crippen LogP contribution is 2.19. The number of amides is 1. The van der Waals surface area contributed by atoms with Gasteiger partial charge in [-0.2, -0.15) is 5.10 Å². The molecule has 17 heavy (non-hydrogen) atoms. The van der Waals surface area contributed by atoms with Crippen molar-refractivity contribution in [3.05, 3.63) is 11.3 Å². The first-order valence-electron chi connectivity index (χ1n) is 5.80. The molecule has 1 aromatic rings. The fourth-order valence-corrected chi connectivity index (χ4v) is 2.09. The Kier molecular flexibility index (Phi) is 3.33. The molecule has 0 radical (unpaired) electrons. The number of nitrogens with two attached hydrogens (primary N) is 1. The van der Waals surface area contributed by atoms with Crippen LogP contribution >= 0.6 is 0 Å². The summed E-state index contributed by atoms with van der Waals surface area (Å²) in [6.07, 6.45) is 1.19. The van der Waals surface area contributed by atoms with Gasteiger partial charge in [0, 0.05) is 24.8 Å². The lowest BCUT2D eigenvalue weighted by atomic mass is 10.0. The van der Waals surface area contributed by atoms with Crippen LogP contribution in [0.5, 0.6) is 0 Å². The summed E-state index contributed by atoms with van der Waals surface area (Å²) in [5, 5.41) is 9.37. The van der Waals surface area contributed by atoms with Gasteiger partial charge in [-0.3, -0.25) is 9.89 Å². The Morgan fingerprint density at radius 2 is 2.47 bits per heavy atom. The van der Waals surface area contributed by atoms with Gasteiger partial charge in [-0.25, -0.2) is 0 Å². The Morgan fingerprint density at radius 1 is 1.71 bits per heavy atom. The smallest absolute Gasteiger partial charge is 0.256 e. The summed E-state index contributed by atoms with van der Waals surface area (Å²) in [5.74, 6) is 0.455. The molecular weight excluding hydrogens is 220 g/mol. The molecular formula is C11H18N4O2. The predicted molar refractivity (Wildman–Crippen MR) is 63.6 cm³/mol. The number of ether oxygens (including phenoxy) is 1. The van der Waals surface area contributed by atoms with Gasteiger partial charge in [0.15, 0.2) is 5.82 Å². The van der Waals surface area contributed by atoms with Crippen LogP contribution in [0.3, 0.4) is 0 Å². The zero-order valence-corrected chi connectivity index (χ0v) is 10.1. The lowest BCUT2D eigenvalue weighted by Gasteiger charge is -2.14. The van der Waals surface area contributed by atoms with Crippen molar-refractivity contribution in [1.29, 1.82) is 0 Å². The Morgan fingerprint density at radius 3 is 3.00 bits per heavy atom. The number of aryl methyl sites for hydroxylation is 1. The van der Waals surface area contributed by atoms with Crippen LogP contribution in [0.15, 0.2) is 0 Å². The number of aromatic amines is 1. The monoisotopic (exact) mass is 238 g/mol. The van der Waals surface area contributed by atoms with Crippen LogP contribution < -0.4 is 11.1 Å². The minimum atomic E-state index is -0.173. The van der Waals surface area contributed by atoms with Gasteiger partial charge in [-0.1, -0.05) is 0 Å². The minimum Gasteiger partial charge on any atom is -0.382 e. The van der Waals surface area contributed by atoms with E-state index in [-0.39, 0.29) is 17.8 Å². The van der Waals surface area contributed by atoms with E-state index < -0.39 is 0 Å². The molecule has 1 fully saturated rings. The van der Waals surface area contributed by atoms with Gasteiger partial charge in [0.2, 0.25) is 0 Å². The average molecular weight is 238 g/mol. The average Bonchev–Trinajstić information content (AvgIpc) is 2.83. The molecule has 2 unspecified atom stereocenters. The lowest BCUT2D eigenvalue weighted by molar-refractivity contribution is 0.0907. The molecule has 0 bridgehead atoms. The van der Waals surface area contributed by atoms with Crippen molar-refractivity contribution in [3.8, 4) is 0 Å². The number of carbonyl (C=O) groups is 1. The summed E-state index contributed by atoms with van der Waals surface area (Å²) in [4.78, 5) is 11.9. The standard InChI is InChI=1S/C11H18N4O2/c1-6-9(10(12)15-14-6)11(16)13-5-8-3-4-17-7(8)2/h7-8H,3-5H2,1-2H3,(H,13,16)(H3,12,14,15). The van der Waals surface area contributed by atoms with E-state index in [0.29, 0.717) is 23.7 Å². The van der Waals surface area contributed by atoms with Gasteiger partial charge in [-0.15, -0.1) is 0 Å². The van der Waals surface area contributed by atoms with E-state index in [4.69, 9.17) is 10.5 Å². The van der Waals surface area contributed by atoms with Crippen molar-refractivity contribution in [2.75, 3.05) is 18.9 Å². The number of nitrogen functional groups attached to an aromatic ring is 1. The molecule has 1 aromatic heterocycles. The molecule has 4 N–H and O–H groups in total. The summed E-state index contributed by atoms with van der Waals surface area (Å²) < 4.78 is 5.44. The van der Waals surface area contributed by atoms with E-state index in [1.807, 2.05) is 6.92 Å². The van der Waals surface area contributed by atoms with Gasteiger partial charge in [0.1, 0.15) is 5.56 Å². The lowest BCUT2D eigenvalue weighted by Crippen LogP contribution is -2.32. The van der Waals surface area contributed by atoms with Crippen LogP contribution in [-0.4, -0.2) is 35.4 Å². The summed E-state index contributed by atoms with van der Waals surface area (Å²) in [6.45, 7) is 5.19. The molecule has 1 aliphatic heterocycles. The van der Waals surface area contributed by atoms with Crippen molar-refractivity contribution in [2.45, 2.75) is 26.4 Å². The van der Waals surface area contributed by atoms with Gasteiger partial charge < -0.3 is 15.8 Å². The third kappa shape index (κ3) is 2.41. The maximum atomic E-state index is 11.9. The highest BCUT2D eigenvalue weighted by molar-refractivity contribution is 5.99. The van der Waals surface area contributed by atoms with Gasteiger partial charge >= 0.3 is 0 Å². The van der Waals surface area contributed by atoms with Gasteiger partial charge in [-0.05, 0) is 20.3 Å². The second kappa shape index (κ2) is 4.75. The van der Waals surface area contributed by atoms with Crippen LogP contribution in [0.4, 0.5) is 5.82 Å². The van der Waals surface area contributed by atoms with Crippen LogP contribution in [0.1, 0.15) is 29.4 Å². The van der Waals surface area contributed by atoms with E-state index >= 15 is 0 Å². The van der Waals surface area contributed by atoms with Gasteiger partial charge in [0.05, 0.1) is 6.10 Å². The Balaban J connectivity index is 1.94. The van der Waals surface area contributed by atoms with Crippen LogP contribution in [-0.2, 0) is 4.74 Å². The Labute approximate surface area is 99.9 Å². The van der Waals surface area contributed by atoms with Crippen molar-refractivity contribution >= 4 is 11.7 Å². The molecule has 94 valence electrons. The summed E-state index contributed by atoms with van der Waals surface area (Å²) in [7, 11) is 0. The number of hydrogen-bond donors (Lipinski definition) is 3. The number of nitrogens with one attached hydrogen (secondary N) is 2. The first kappa shape index (κ1) is 11.9. The molecule has 0 saturated carbocycles. The molecule has 0 spiro atoms. The molecule has 2 heterocycles. The highest BCUT2D eigenvalue weighted by Gasteiger charge is 2.25. The zero-order valence-electron chi connectivity index (χ0n) is 10.1. The fourth-order valence-electron chi connectivity index (χ4n) is 2.09. The molecule has 6 heteroatoms. The molecule has 1 amide bonds. The Bertz CT molecular complexity index is 396. The van der Waals surface area contributed by atoms with E-state index in [2.05, 4.69) is 15.5 Å². The second-order valence-electron chi connectivity index (χ2n) is 4.44. The van der Waals surface area contributed by atoms with Gasteiger partial charge in [0.25, 0.3) is 5.91 Å². The molecule has 0 aromatic carbocycles. The summed E-state index contributed by atoms with van der Waals surface area (Å²) >= 11 is 0. The number of H-pyrrole nitrogens is 1. The second-order valence-corrected chi connectivity index (χ2v) is 4.44. The van der Waals surface area contributed by atoms with Crippen molar-refractivity contribution in [3.63, 3.8) is 0 Å². The number of aromatic nitrogens is 2. The quantitative estimate of drug-likeness (QED) is 0.713. The van der Waals surface area contributed by atoms with E-state index in [0.717, 1.165) is 13.0 Å². The number of nitrogens with zero attached hydrogens (tertiary/aromatic N) is 1.